The molecule has 0 saturated heterocycles. The molecule has 0 radical (unpaired) electrons. The van der Waals surface area contributed by atoms with Crippen LogP contribution in [-0.4, -0.2) is 14.1 Å². The van der Waals surface area contributed by atoms with E-state index in [4.69, 9.17) is 0 Å². The second-order valence-corrected chi connectivity index (χ2v) is 6.66. The molecule has 0 amide bonds. The van der Waals surface area contributed by atoms with Gasteiger partial charge in [-0.05, 0) is 43.2 Å². The first-order valence-electron chi connectivity index (χ1n) is 8.78. The lowest BCUT2D eigenvalue weighted by Crippen LogP contribution is -2.40. The summed E-state index contributed by atoms with van der Waals surface area (Å²) in [6, 6.07) is 18.8. The van der Waals surface area contributed by atoms with Gasteiger partial charge in [-0.15, -0.1) is 0 Å². The number of hydrogen-bond donors (Lipinski definition) is 0. The van der Waals surface area contributed by atoms with Crippen molar-refractivity contribution in [3.63, 3.8) is 0 Å². The normalized spacial score (nSPS) is 11.0. The van der Waals surface area contributed by atoms with E-state index in [-0.39, 0.29) is 17.8 Å². The number of aryl methyl sites for hydroxylation is 2. The predicted molar refractivity (Wildman–Crippen MR) is 107 cm³/mol. The number of hydrogen-bond acceptors (Lipinski definition) is 3. The van der Waals surface area contributed by atoms with E-state index in [2.05, 4.69) is 4.98 Å². The quantitative estimate of drug-likeness (QED) is 0.566. The first-order chi connectivity index (χ1) is 13.1. The van der Waals surface area contributed by atoms with Gasteiger partial charge in [-0.2, -0.15) is 0 Å². The van der Waals surface area contributed by atoms with Crippen LogP contribution in [0.25, 0.3) is 16.7 Å². The van der Waals surface area contributed by atoms with Crippen LogP contribution in [0.4, 0.5) is 0 Å². The highest BCUT2D eigenvalue weighted by molar-refractivity contribution is 5.75. The lowest BCUT2D eigenvalue weighted by Gasteiger charge is -2.15. The Morgan fingerprint density at radius 1 is 0.926 bits per heavy atom. The average molecular weight is 357 g/mol. The van der Waals surface area contributed by atoms with Gasteiger partial charge >= 0.3 is 5.69 Å². The molecule has 0 atom stereocenters. The molecule has 5 nitrogen and oxygen atoms in total. The minimum atomic E-state index is -0.387. The van der Waals surface area contributed by atoms with E-state index in [1.165, 1.54) is 9.13 Å². The number of pyridine rings is 1. The van der Waals surface area contributed by atoms with Crippen molar-refractivity contribution in [2.75, 3.05) is 0 Å². The second kappa shape index (κ2) is 6.68. The molecule has 0 fully saturated rings. The van der Waals surface area contributed by atoms with Gasteiger partial charge in [-0.3, -0.25) is 9.36 Å². The molecular formula is C22H19N3O2. The highest BCUT2D eigenvalue weighted by atomic mass is 16.2. The molecule has 2 aromatic heterocycles. The fraction of sp³-hybridized carbons (Fsp3) is 0.136. The molecule has 5 heteroatoms. The Balaban J connectivity index is 2.06. The summed E-state index contributed by atoms with van der Waals surface area (Å²) in [7, 11) is 0. The molecule has 2 heterocycles. The number of fused-ring (bicyclic) bond motifs is 1. The molecule has 0 spiro atoms. The van der Waals surface area contributed by atoms with E-state index < -0.39 is 0 Å². The van der Waals surface area contributed by atoms with Gasteiger partial charge < -0.3 is 0 Å². The molecule has 4 aromatic rings. The Hall–Kier alpha value is -3.47. The summed E-state index contributed by atoms with van der Waals surface area (Å²) >= 11 is 0. The summed E-state index contributed by atoms with van der Waals surface area (Å²) < 4.78 is 2.81. The minimum Gasteiger partial charge on any atom is -0.268 e. The lowest BCUT2D eigenvalue weighted by atomic mass is 10.1. The van der Waals surface area contributed by atoms with Crippen LogP contribution in [-0.2, 0) is 6.54 Å². The monoisotopic (exact) mass is 357 g/mol. The van der Waals surface area contributed by atoms with Gasteiger partial charge in [0.25, 0.3) is 5.56 Å². The Morgan fingerprint density at radius 2 is 1.70 bits per heavy atom. The smallest absolute Gasteiger partial charge is 0.268 e. The number of nitrogens with zero attached hydrogens (tertiary/aromatic N) is 3. The molecule has 4 rings (SSSR count). The molecule has 0 aliphatic carbocycles. The van der Waals surface area contributed by atoms with Crippen LogP contribution in [0.2, 0.25) is 0 Å². The van der Waals surface area contributed by atoms with Crippen molar-refractivity contribution >= 4 is 11.0 Å². The van der Waals surface area contributed by atoms with Crippen LogP contribution in [0.1, 0.15) is 16.7 Å². The standard InChI is InChI=1S/C22H19N3O2/c1-15-10-11-19(16(2)13-15)25-20-18(9-6-12-23-20)21(26)24(22(25)27)14-17-7-4-3-5-8-17/h3-13H,14H2,1-2H3. The summed E-state index contributed by atoms with van der Waals surface area (Å²) in [6.45, 7) is 4.18. The topological polar surface area (TPSA) is 56.9 Å². The molecule has 0 N–H and O–H groups in total. The van der Waals surface area contributed by atoms with Crippen LogP contribution in [0.5, 0.6) is 0 Å². The lowest BCUT2D eigenvalue weighted by molar-refractivity contribution is 0.682. The van der Waals surface area contributed by atoms with Gasteiger partial charge in [0, 0.05) is 6.20 Å². The van der Waals surface area contributed by atoms with E-state index in [9.17, 15) is 9.59 Å². The van der Waals surface area contributed by atoms with Crippen molar-refractivity contribution in [1.82, 2.24) is 14.1 Å². The van der Waals surface area contributed by atoms with Crippen LogP contribution < -0.4 is 11.2 Å². The molecule has 2 aromatic carbocycles. The Bertz CT molecular complexity index is 1250. The van der Waals surface area contributed by atoms with Crippen molar-refractivity contribution in [2.45, 2.75) is 20.4 Å². The first-order valence-corrected chi connectivity index (χ1v) is 8.78. The predicted octanol–water partition coefficient (Wildman–Crippen LogP) is 3.21. The third-order valence-electron chi connectivity index (χ3n) is 4.67. The zero-order chi connectivity index (χ0) is 19.0. The summed E-state index contributed by atoms with van der Waals surface area (Å²) in [6.07, 6.45) is 1.60. The van der Waals surface area contributed by atoms with Gasteiger partial charge in [0.15, 0.2) is 5.65 Å². The fourth-order valence-corrected chi connectivity index (χ4v) is 3.36. The van der Waals surface area contributed by atoms with Crippen LogP contribution in [0, 0.1) is 13.8 Å². The Kier molecular flexibility index (Phi) is 4.20. The molecule has 0 unspecified atom stereocenters. The number of rotatable bonds is 3. The van der Waals surface area contributed by atoms with Gasteiger partial charge in [0.1, 0.15) is 0 Å². The third-order valence-corrected chi connectivity index (χ3v) is 4.67. The third kappa shape index (κ3) is 2.97. The average Bonchev–Trinajstić information content (AvgIpc) is 2.68. The highest BCUT2D eigenvalue weighted by Gasteiger charge is 2.16. The van der Waals surface area contributed by atoms with Crippen molar-refractivity contribution in [3.05, 3.63) is 104 Å². The molecule has 0 aliphatic heterocycles. The van der Waals surface area contributed by atoms with Gasteiger partial charge in [-0.25, -0.2) is 14.3 Å². The summed E-state index contributed by atoms with van der Waals surface area (Å²) in [4.78, 5) is 30.7. The Morgan fingerprint density at radius 3 is 2.44 bits per heavy atom. The van der Waals surface area contributed by atoms with Crippen molar-refractivity contribution < 1.29 is 0 Å². The maximum atomic E-state index is 13.3. The molecule has 0 aliphatic rings. The fourth-order valence-electron chi connectivity index (χ4n) is 3.36. The van der Waals surface area contributed by atoms with E-state index in [0.29, 0.717) is 11.0 Å². The van der Waals surface area contributed by atoms with Crippen LogP contribution >= 0.6 is 0 Å². The van der Waals surface area contributed by atoms with Crippen molar-refractivity contribution in [3.8, 4) is 5.69 Å². The van der Waals surface area contributed by atoms with Crippen LogP contribution in [0.3, 0.4) is 0 Å². The van der Waals surface area contributed by atoms with Gasteiger partial charge in [0.2, 0.25) is 0 Å². The maximum Gasteiger partial charge on any atom is 0.337 e. The van der Waals surface area contributed by atoms with E-state index in [1.807, 2.05) is 62.4 Å². The molecular weight excluding hydrogens is 338 g/mol. The zero-order valence-corrected chi connectivity index (χ0v) is 15.2. The minimum absolute atomic E-state index is 0.217. The number of benzene rings is 2. The second-order valence-electron chi connectivity index (χ2n) is 6.66. The highest BCUT2D eigenvalue weighted by Crippen LogP contribution is 2.17. The van der Waals surface area contributed by atoms with Gasteiger partial charge in [0.05, 0.1) is 17.6 Å². The molecule has 134 valence electrons. The first kappa shape index (κ1) is 17.0. The maximum absolute atomic E-state index is 13.3. The van der Waals surface area contributed by atoms with Crippen LogP contribution in [0.15, 0.2) is 76.4 Å². The summed E-state index contributed by atoms with van der Waals surface area (Å²) in [5.74, 6) is 0. The number of aromatic nitrogens is 3. The van der Waals surface area contributed by atoms with Gasteiger partial charge in [-0.1, -0.05) is 48.0 Å². The summed E-state index contributed by atoms with van der Waals surface area (Å²) in [5, 5.41) is 0.424. The molecule has 27 heavy (non-hydrogen) atoms. The Labute approximate surface area is 156 Å². The largest absolute Gasteiger partial charge is 0.337 e. The van der Waals surface area contributed by atoms with E-state index in [1.54, 1.807) is 18.3 Å². The van der Waals surface area contributed by atoms with Crippen molar-refractivity contribution in [2.24, 2.45) is 0 Å². The van der Waals surface area contributed by atoms with Crippen molar-refractivity contribution in [1.29, 1.82) is 0 Å². The van der Waals surface area contributed by atoms with E-state index >= 15 is 0 Å². The SMILES string of the molecule is Cc1ccc(-n2c(=O)n(Cc3ccccc3)c(=O)c3cccnc32)c(C)c1. The zero-order valence-electron chi connectivity index (χ0n) is 15.2. The molecule has 0 bridgehead atoms. The molecule has 0 saturated carbocycles. The van der Waals surface area contributed by atoms with E-state index in [0.717, 1.165) is 22.4 Å². The summed E-state index contributed by atoms with van der Waals surface area (Å²) in [5.41, 5.74) is 3.36.